The molecular formula is C22H28N2O2SSi. The number of hydrogen-bond acceptors (Lipinski definition) is 3. The maximum Gasteiger partial charge on any atom is 0.325 e. The van der Waals surface area contributed by atoms with Crippen molar-refractivity contribution in [1.82, 2.24) is 9.55 Å². The van der Waals surface area contributed by atoms with Gasteiger partial charge in [0.15, 0.2) is 0 Å². The summed E-state index contributed by atoms with van der Waals surface area (Å²) in [4.78, 5) is 4.78. The molecule has 28 heavy (non-hydrogen) atoms. The fourth-order valence-electron chi connectivity index (χ4n) is 2.99. The second-order valence-corrected chi connectivity index (χ2v) is 14.9. The first-order valence-corrected chi connectivity index (χ1v) is 14.8. The molecule has 148 valence electrons. The first-order chi connectivity index (χ1) is 13.4. The van der Waals surface area contributed by atoms with E-state index in [1.54, 1.807) is 6.26 Å². The Labute approximate surface area is 171 Å². The third kappa shape index (κ3) is 5.14. The van der Waals surface area contributed by atoms with Crippen LogP contribution in [0.2, 0.25) is 25.7 Å². The SMILES string of the molecule is C[S+]([O-])c1nc(-c2ccccc2)c(-c2ccccc2)n1COCC[Si](C)(C)C. The van der Waals surface area contributed by atoms with E-state index >= 15 is 0 Å². The topological polar surface area (TPSA) is 50.1 Å². The van der Waals surface area contributed by atoms with Crippen LogP contribution in [0.4, 0.5) is 0 Å². The van der Waals surface area contributed by atoms with E-state index < -0.39 is 19.2 Å². The molecule has 0 aliphatic rings. The van der Waals surface area contributed by atoms with Crippen LogP contribution in [0.3, 0.4) is 0 Å². The van der Waals surface area contributed by atoms with Crippen LogP contribution in [-0.4, -0.2) is 35.0 Å². The predicted molar refractivity (Wildman–Crippen MR) is 120 cm³/mol. The highest BCUT2D eigenvalue weighted by molar-refractivity contribution is 7.90. The van der Waals surface area contributed by atoms with Crippen molar-refractivity contribution >= 4 is 19.2 Å². The Balaban J connectivity index is 2.04. The summed E-state index contributed by atoms with van der Waals surface area (Å²) in [6.07, 6.45) is 1.67. The quantitative estimate of drug-likeness (QED) is 0.288. The molecule has 4 nitrogen and oxygen atoms in total. The molecule has 0 aliphatic heterocycles. The molecule has 0 N–H and O–H groups in total. The third-order valence-electron chi connectivity index (χ3n) is 4.50. The van der Waals surface area contributed by atoms with Gasteiger partial charge in [0.25, 0.3) is 0 Å². The van der Waals surface area contributed by atoms with Crippen LogP contribution in [0.25, 0.3) is 22.5 Å². The van der Waals surface area contributed by atoms with E-state index in [4.69, 9.17) is 9.72 Å². The van der Waals surface area contributed by atoms with Gasteiger partial charge in [-0.15, -0.1) is 0 Å². The van der Waals surface area contributed by atoms with E-state index in [0.717, 1.165) is 28.6 Å². The van der Waals surface area contributed by atoms with Crippen molar-refractivity contribution in [3.63, 3.8) is 0 Å². The summed E-state index contributed by atoms with van der Waals surface area (Å²) in [7, 11) is -1.17. The summed E-state index contributed by atoms with van der Waals surface area (Å²) in [5.41, 5.74) is 3.84. The summed E-state index contributed by atoms with van der Waals surface area (Å²) >= 11 is -1.22. The summed E-state index contributed by atoms with van der Waals surface area (Å²) in [6, 6.07) is 21.3. The molecule has 1 atom stereocenters. The van der Waals surface area contributed by atoms with E-state index in [2.05, 4.69) is 31.8 Å². The minimum absolute atomic E-state index is 0.351. The van der Waals surface area contributed by atoms with E-state index in [-0.39, 0.29) is 0 Å². The van der Waals surface area contributed by atoms with Gasteiger partial charge in [-0.3, -0.25) is 4.57 Å². The molecule has 0 amide bonds. The molecule has 0 spiro atoms. The second kappa shape index (κ2) is 9.09. The average Bonchev–Trinajstić information content (AvgIpc) is 3.05. The summed E-state index contributed by atoms with van der Waals surface area (Å²) in [5.74, 6) is 0. The maximum atomic E-state index is 12.5. The highest BCUT2D eigenvalue weighted by Gasteiger charge is 2.25. The maximum absolute atomic E-state index is 12.5. The van der Waals surface area contributed by atoms with Gasteiger partial charge in [0.05, 0.1) is 5.69 Å². The van der Waals surface area contributed by atoms with Gasteiger partial charge in [-0.05, 0) is 6.04 Å². The van der Waals surface area contributed by atoms with Crippen molar-refractivity contribution in [1.29, 1.82) is 0 Å². The lowest BCUT2D eigenvalue weighted by Crippen LogP contribution is -2.22. The average molecular weight is 413 g/mol. The first-order valence-electron chi connectivity index (χ1n) is 9.49. The Kier molecular flexibility index (Phi) is 6.77. The third-order valence-corrected chi connectivity index (χ3v) is 7.03. The Hall–Kier alpha value is -1.86. The largest absolute Gasteiger partial charge is 0.609 e. The number of nitrogens with zero attached hydrogens (tertiary/aromatic N) is 2. The standard InChI is InChI=1S/C22H28N2O2SSi/c1-27(25)22-23-20(18-11-7-5-8-12-18)21(19-13-9-6-10-14-19)24(22)17-26-15-16-28(2,3)4/h5-14H,15-17H2,1-4H3. The Morgan fingerprint density at radius 2 is 1.54 bits per heavy atom. The molecule has 2 aromatic carbocycles. The van der Waals surface area contributed by atoms with Gasteiger partial charge < -0.3 is 9.29 Å². The van der Waals surface area contributed by atoms with E-state index in [1.165, 1.54) is 0 Å². The van der Waals surface area contributed by atoms with Crippen molar-refractivity contribution in [2.24, 2.45) is 0 Å². The number of imidazole rings is 1. The van der Waals surface area contributed by atoms with Crippen molar-refractivity contribution in [2.75, 3.05) is 12.9 Å². The molecule has 1 heterocycles. The Morgan fingerprint density at radius 1 is 0.964 bits per heavy atom. The zero-order valence-electron chi connectivity index (χ0n) is 17.0. The van der Waals surface area contributed by atoms with E-state index in [9.17, 15) is 4.55 Å². The molecule has 3 rings (SSSR count). The van der Waals surface area contributed by atoms with Gasteiger partial charge in [-0.2, -0.15) is 4.98 Å². The Morgan fingerprint density at radius 3 is 2.07 bits per heavy atom. The molecule has 1 unspecified atom stereocenters. The molecule has 1 aromatic heterocycles. The van der Waals surface area contributed by atoms with Crippen LogP contribution < -0.4 is 0 Å². The van der Waals surface area contributed by atoms with Crippen molar-refractivity contribution in [2.45, 2.75) is 37.6 Å². The van der Waals surface area contributed by atoms with Crippen molar-refractivity contribution in [3.8, 4) is 22.5 Å². The Bertz CT molecular complexity index is 890. The highest BCUT2D eigenvalue weighted by Crippen LogP contribution is 2.34. The summed E-state index contributed by atoms with van der Waals surface area (Å²) < 4.78 is 20.5. The number of aromatic nitrogens is 2. The lowest BCUT2D eigenvalue weighted by molar-refractivity contribution is 0.0821. The van der Waals surface area contributed by atoms with Crippen LogP contribution in [0.15, 0.2) is 65.8 Å². The smallest absolute Gasteiger partial charge is 0.325 e. The molecule has 0 fully saturated rings. The van der Waals surface area contributed by atoms with Gasteiger partial charge in [0.2, 0.25) is 0 Å². The molecule has 0 saturated heterocycles. The van der Waals surface area contributed by atoms with Gasteiger partial charge in [0, 0.05) is 37.0 Å². The lowest BCUT2D eigenvalue weighted by atomic mass is 10.0. The van der Waals surface area contributed by atoms with Crippen molar-refractivity contribution < 1.29 is 9.29 Å². The zero-order valence-corrected chi connectivity index (χ0v) is 18.8. The number of hydrogen-bond donors (Lipinski definition) is 0. The summed E-state index contributed by atoms with van der Waals surface area (Å²) in [5, 5.41) is 0.547. The lowest BCUT2D eigenvalue weighted by Gasteiger charge is -2.17. The van der Waals surface area contributed by atoms with Crippen LogP contribution in [-0.2, 0) is 22.6 Å². The molecule has 0 bridgehead atoms. The molecular weight excluding hydrogens is 384 g/mol. The van der Waals surface area contributed by atoms with E-state index in [0.29, 0.717) is 18.5 Å². The number of ether oxygens (including phenoxy) is 1. The molecule has 0 radical (unpaired) electrons. The highest BCUT2D eigenvalue weighted by atomic mass is 32.2. The zero-order chi connectivity index (χ0) is 20.1. The van der Waals surface area contributed by atoms with Crippen LogP contribution in [0, 0.1) is 0 Å². The van der Waals surface area contributed by atoms with Gasteiger partial charge in [-0.1, -0.05) is 80.3 Å². The van der Waals surface area contributed by atoms with E-state index in [1.807, 2.05) is 53.1 Å². The van der Waals surface area contributed by atoms with Gasteiger partial charge in [-0.25, -0.2) is 0 Å². The fourth-order valence-corrected chi connectivity index (χ4v) is 4.42. The summed E-state index contributed by atoms with van der Waals surface area (Å²) in [6.45, 7) is 8.07. The molecule has 0 saturated carbocycles. The minimum atomic E-state index is -1.22. The van der Waals surface area contributed by atoms with Crippen LogP contribution >= 0.6 is 0 Å². The first kappa shape index (κ1) is 20.9. The van der Waals surface area contributed by atoms with Crippen LogP contribution in [0.1, 0.15) is 0 Å². The second-order valence-electron chi connectivity index (χ2n) is 8.05. The monoisotopic (exact) mass is 412 g/mol. The molecule has 0 aliphatic carbocycles. The molecule has 6 heteroatoms. The van der Waals surface area contributed by atoms with Crippen molar-refractivity contribution in [3.05, 3.63) is 60.7 Å². The minimum Gasteiger partial charge on any atom is -0.609 e. The number of benzene rings is 2. The van der Waals surface area contributed by atoms with Gasteiger partial charge >= 0.3 is 5.16 Å². The van der Waals surface area contributed by atoms with Crippen LogP contribution in [0.5, 0.6) is 0 Å². The molecule has 3 aromatic rings. The fraction of sp³-hybridized carbons (Fsp3) is 0.318. The predicted octanol–water partition coefficient (Wildman–Crippen LogP) is 5.27. The van der Waals surface area contributed by atoms with Gasteiger partial charge in [0.1, 0.15) is 18.7 Å². The number of rotatable bonds is 8. The normalized spacial score (nSPS) is 12.9.